The van der Waals surface area contributed by atoms with Gasteiger partial charge in [-0.3, -0.25) is 4.79 Å². The smallest absolute Gasteiger partial charge is 0.240 e. The third-order valence-electron chi connectivity index (χ3n) is 2.45. The Balaban J connectivity index is 2.68. The molecular formula is C11H17N3O3S. The molecule has 1 aromatic rings. The van der Waals surface area contributed by atoms with E-state index >= 15 is 0 Å². The first-order valence-electron chi connectivity index (χ1n) is 5.47. The number of hydrogen-bond acceptors (Lipinski definition) is 4. The Morgan fingerprint density at radius 2 is 2.06 bits per heavy atom. The van der Waals surface area contributed by atoms with Crippen molar-refractivity contribution in [1.82, 2.24) is 4.72 Å². The number of sulfonamides is 1. The van der Waals surface area contributed by atoms with E-state index in [0.29, 0.717) is 12.1 Å². The molecule has 6 nitrogen and oxygen atoms in total. The molecule has 0 radical (unpaired) electrons. The van der Waals surface area contributed by atoms with Crippen molar-refractivity contribution in [3.8, 4) is 0 Å². The van der Waals surface area contributed by atoms with Gasteiger partial charge in [0, 0.05) is 18.7 Å². The van der Waals surface area contributed by atoms with Crippen molar-refractivity contribution in [3.05, 3.63) is 23.8 Å². The molecule has 5 N–H and O–H groups in total. The summed E-state index contributed by atoms with van der Waals surface area (Å²) < 4.78 is 26.1. The van der Waals surface area contributed by atoms with Gasteiger partial charge in [0.2, 0.25) is 15.9 Å². The quantitative estimate of drug-likeness (QED) is 0.503. The lowest BCUT2D eigenvalue weighted by Gasteiger charge is -2.08. The number of nitrogens with one attached hydrogen (secondary N) is 1. The number of aryl methyl sites for hydroxylation is 1. The highest BCUT2D eigenvalue weighted by atomic mass is 32.2. The number of nitrogens with two attached hydrogens (primary N) is 2. The molecule has 0 unspecified atom stereocenters. The first-order valence-corrected chi connectivity index (χ1v) is 6.95. The number of anilines is 1. The van der Waals surface area contributed by atoms with Gasteiger partial charge in [-0.1, -0.05) is 6.07 Å². The summed E-state index contributed by atoms with van der Waals surface area (Å²) in [5.74, 6) is -0.450. The number of carbonyl (C=O) groups excluding carboxylic acids is 1. The first-order chi connectivity index (χ1) is 8.33. The molecule has 1 aromatic carbocycles. The minimum absolute atomic E-state index is 0.115. The lowest BCUT2D eigenvalue weighted by molar-refractivity contribution is -0.118. The molecule has 0 atom stereocenters. The maximum absolute atomic E-state index is 11.9. The van der Waals surface area contributed by atoms with E-state index in [9.17, 15) is 13.2 Å². The summed E-state index contributed by atoms with van der Waals surface area (Å²) in [5, 5.41) is 0. The number of amides is 1. The van der Waals surface area contributed by atoms with Gasteiger partial charge in [-0.15, -0.1) is 0 Å². The third kappa shape index (κ3) is 4.01. The van der Waals surface area contributed by atoms with E-state index in [2.05, 4.69) is 4.72 Å². The van der Waals surface area contributed by atoms with Crippen LogP contribution in [0, 0.1) is 6.92 Å². The zero-order valence-corrected chi connectivity index (χ0v) is 11.0. The van der Waals surface area contributed by atoms with Crippen LogP contribution >= 0.6 is 0 Å². The highest BCUT2D eigenvalue weighted by molar-refractivity contribution is 7.89. The lowest BCUT2D eigenvalue weighted by Crippen LogP contribution is -2.26. The van der Waals surface area contributed by atoms with Crippen molar-refractivity contribution in [2.24, 2.45) is 5.73 Å². The minimum atomic E-state index is -3.58. The second kappa shape index (κ2) is 5.83. The predicted octanol–water partition coefficient (Wildman–Crippen LogP) is 0.121. The van der Waals surface area contributed by atoms with Crippen molar-refractivity contribution < 1.29 is 13.2 Å². The average molecular weight is 271 g/mol. The van der Waals surface area contributed by atoms with Crippen LogP contribution in [0.3, 0.4) is 0 Å². The summed E-state index contributed by atoms with van der Waals surface area (Å²) in [7, 11) is -3.58. The van der Waals surface area contributed by atoms with Gasteiger partial charge in [0.25, 0.3) is 0 Å². The topological polar surface area (TPSA) is 115 Å². The highest BCUT2D eigenvalue weighted by Gasteiger charge is 2.14. The van der Waals surface area contributed by atoms with Gasteiger partial charge >= 0.3 is 0 Å². The molecule has 0 bridgehead atoms. The zero-order valence-electron chi connectivity index (χ0n) is 10.1. The Kier molecular flexibility index (Phi) is 4.69. The molecule has 100 valence electrons. The van der Waals surface area contributed by atoms with Crippen molar-refractivity contribution >= 4 is 21.6 Å². The summed E-state index contributed by atoms with van der Waals surface area (Å²) in [6.07, 6.45) is 0.522. The Morgan fingerprint density at radius 3 is 2.61 bits per heavy atom. The van der Waals surface area contributed by atoms with Crippen LogP contribution in [0.15, 0.2) is 23.1 Å². The summed E-state index contributed by atoms with van der Waals surface area (Å²) in [6, 6.07) is 4.54. The van der Waals surface area contributed by atoms with E-state index < -0.39 is 15.9 Å². The summed E-state index contributed by atoms with van der Waals surface area (Å²) in [4.78, 5) is 10.6. The van der Waals surface area contributed by atoms with Crippen LogP contribution in [-0.2, 0) is 14.8 Å². The molecule has 0 fully saturated rings. The molecule has 0 aliphatic carbocycles. The Bertz CT molecular complexity index is 540. The van der Waals surface area contributed by atoms with Gasteiger partial charge in [0.15, 0.2) is 0 Å². The van der Waals surface area contributed by atoms with E-state index in [4.69, 9.17) is 11.5 Å². The van der Waals surface area contributed by atoms with Crippen LogP contribution in [0.25, 0.3) is 0 Å². The van der Waals surface area contributed by atoms with E-state index in [1.54, 1.807) is 13.0 Å². The third-order valence-corrected chi connectivity index (χ3v) is 3.91. The summed E-state index contributed by atoms with van der Waals surface area (Å²) >= 11 is 0. The molecule has 0 aliphatic rings. The fourth-order valence-corrected chi connectivity index (χ4v) is 2.45. The fraction of sp³-hybridized carbons (Fsp3) is 0.364. The lowest BCUT2D eigenvalue weighted by atomic mass is 10.2. The largest absolute Gasteiger partial charge is 0.398 e. The second-order valence-electron chi connectivity index (χ2n) is 3.99. The van der Waals surface area contributed by atoms with Crippen molar-refractivity contribution in [2.45, 2.75) is 24.7 Å². The van der Waals surface area contributed by atoms with Gasteiger partial charge in [-0.25, -0.2) is 13.1 Å². The molecule has 18 heavy (non-hydrogen) atoms. The van der Waals surface area contributed by atoms with Crippen LogP contribution in [-0.4, -0.2) is 20.9 Å². The van der Waals surface area contributed by atoms with Crippen LogP contribution in [0.2, 0.25) is 0 Å². The minimum Gasteiger partial charge on any atom is -0.398 e. The van der Waals surface area contributed by atoms with Crippen molar-refractivity contribution in [1.29, 1.82) is 0 Å². The first kappa shape index (κ1) is 14.5. The fourth-order valence-electron chi connectivity index (χ4n) is 1.34. The molecule has 0 spiro atoms. The van der Waals surface area contributed by atoms with Gasteiger partial charge in [0.1, 0.15) is 0 Å². The maximum atomic E-state index is 11.9. The van der Waals surface area contributed by atoms with Gasteiger partial charge in [0.05, 0.1) is 4.90 Å². The number of primary amides is 1. The van der Waals surface area contributed by atoms with E-state index in [1.807, 2.05) is 0 Å². The van der Waals surface area contributed by atoms with Crippen molar-refractivity contribution in [2.75, 3.05) is 12.3 Å². The summed E-state index contributed by atoms with van der Waals surface area (Å²) in [5.41, 5.74) is 11.9. The molecule has 0 aliphatic heterocycles. The van der Waals surface area contributed by atoms with Crippen LogP contribution < -0.4 is 16.2 Å². The number of carbonyl (C=O) groups is 1. The normalized spacial score (nSPS) is 11.4. The molecule has 0 aromatic heterocycles. The van der Waals surface area contributed by atoms with Crippen LogP contribution in [0.1, 0.15) is 18.4 Å². The maximum Gasteiger partial charge on any atom is 0.240 e. The zero-order chi connectivity index (χ0) is 13.8. The van der Waals surface area contributed by atoms with E-state index in [1.165, 1.54) is 12.1 Å². The molecule has 0 saturated heterocycles. The average Bonchev–Trinajstić information content (AvgIpc) is 2.28. The molecule has 7 heteroatoms. The van der Waals surface area contributed by atoms with Crippen LogP contribution in [0.4, 0.5) is 5.69 Å². The van der Waals surface area contributed by atoms with Crippen LogP contribution in [0.5, 0.6) is 0 Å². The predicted molar refractivity (Wildman–Crippen MR) is 69.2 cm³/mol. The molecule has 0 heterocycles. The highest BCUT2D eigenvalue weighted by Crippen LogP contribution is 2.16. The standard InChI is InChI=1S/C11H17N3O3S/c1-8-4-5-9(7-10(8)12)18(16,17)14-6-2-3-11(13)15/h4-5,7,14H,2-3,6,12H2,1H3,(H2,13,15). The van der Waals surface area contributed by atoms with Gasteiger partial charge in [-0.05, 0) is 31.0 Å². The number of benzene rings is 1. The van der Waals surface area contributed by atoms with Gasteiger partial charge in [-0.2, -0.15) is 0 Å². The number of rotatable bonds is 6. The SMILES string of the molecule is Cc1ccc(S(=O)(=O)NCCCC(N)=O)cc1N. The van der Waals surface area contributed by atoms with E-state index in [-0.39, 0.29) is 17.9 Å². The number of hydrogen-bond donors (Lipinski definition) is 3. The molecular weight excluding hydrogens is 254 g/mol. The summed E-state index contributed by atoms with van der Waals surface area (Å²) in [6.45, 7) is 1.96. The molecule has 1 amide bonds. The Labute approximate surface area is 106 Å². The second-order valence-corrected chi connectivity index (χ2v) is 5.75. The van der Waals surface area contributed by atoms with Gasteiger partial charge < -0.3 is 11.5 Å². The van der Waals surface area contributed by atoms with Crippen molar-refractivity contribution in [3.63, 3.8) is 0 Å². The number of nitrogen functional groups attached to an aromatic ring is 1. The van der Waals surface area contributed by atoms with E-state index in [0.717, 1.165) is 5.56 Å². The monoisotopic (exact) mass is 271 g/mol. The molecule has 0 saturated carbocycles. The molecule has 1 rings (SSSR count). The Hall–Kier alpha value is -1.60. The Morgan fingerprint density at radius 1 is 1.39 bits per heavy atom.